The third-order valence-corrected chi connectivity index (χ3v) is 6.31. The van der Waals surface area contributed by atoms with Gasteiger partial charge in [-0.1, -0.05) is 78.9 Å². The summed E-state index contributed by atoms with van der Waals surface area (Å²) in [5.74, 6) is 0. The number of benzene rings is 5. The largest absolute Gasteiger partial charge is 0.455 e. The number of fused-ring (bicyclic) bond motifs is 12. The Morgan fingerprint density at radius 1 is 0.571 bits per heavy atom. The summed E-state index contributed by atoms with van der Waals surface area (Å²) >= 11 is 0. The van der Waals surface area contributed by atoms with Crippen molar-refractivity contribution in [1.82, 2.24) is 0 Å². The maximum atomic E-state index is 6.47. The van der Waals surface area contributed by atoms with Crippen LogP contribution in [0.1, 0.15) is 11.1 Å². The Hall–Kier alpha value is -3.58. The van der Waals surface area contributed by atoms with E-state index in [2.05, 4.69) is 84.9 Å². The molecule has 0 unspecified atom stereocenters. The van der Waals surface area contributed by atoms with Crippen LogP contribution in [0.2, 0.25) is 0 Å². The maximum absolute atomic E-state index is 6.47. The zero-order valence-electron chi connectivity index (χ0n) is 15.2. The predicted octanol–water partition coefficient (Wildman–Crippen LogP) is 7.46. The molecule has 28 heavy (non-hydrogen) atoms. The Labute approximate surface area is 161 Å². The van der Waals surface area contributed by atoms with Gasteiger partial charge in [0.15, 0.2) is 0 Å². The molecule has 7 rings (SSSR count). The second kappa shape index (κ2) is 5.02. The Bertz CT molecular complexity index is 1580. The molecule has 0 saturated carbocycles. The van der Waals surface area contributed by atoms with E-state index in [4.69, 9.17) is 4.42 Å². The summed E-state index contributed by atoms with van der Waals surface area (Å²) in [6.45, 7) is 0. The number of hydrogen-bond acceptors (Lipinski definition) is 1. The van der Waals surface area contributed by atoms with Crippen molar-refractivity contribution >= 4 is 43.5 Å². The molecule has 0 radical (unpaired) electrons. The van der Waals surface area contributed by atoms with Crippen LogP contribution >= 0.6 is 0 Å². The number of para-hydroxylation sites is 1. The molecule has 0 amide bonds. The minimum atomic E-state index is 0.958. The van der Waals surface area contributed by atoms with Crippen LogP contribution in [-0.4, -0.2) is 0 Å². The Morgan fingerprint density at radius 2 is 1.29 bits per heavy atom. The summed E-state index contributed by atoms with van der Waals surface area (Å²) in [6, 6.07) is 30.4. The molecule has 0 saturated heterocycles. The second-order valence-corrected chi connectivity index (χ2v) is 7.69. The molecule has 5 aromatic carbocycles. The molecule has 0 spiro atoms. The summed E-state index contributed by atoms with van der Waals surface area (Å²) in [4.78, 5) is 0. The smallest absolute Gasteiger partial charge is 0.144 e. The first-order valence-corrected chi connectivity index (χ1v) is 9.76. The lowest BCUT2D eigenvalue weighted by molar-refractivity contribution is 0.670. The molecule has 1 aliphatic carbocycles. The Balaban J connectivity index is 1.75. The van der Waals surface area contributed by atoms with Crippen LogP contribution in [-0.2, 0) is 6.42 Å². The van der Waals surface area contributed by atoms with Crippen LogP contribution in [0.15, 0.2) is 89.3 Å². The standard InChI is InChI=1S/C27H16O/c1-2-8-17-16(7-1)13-14-20-22(17)15-23-18-9-3-4-10-19(18)25-21-11-5-6-12-24(21)28-27(25)26(20)23/h1-14H,15H2. The molecule has 0 fully saturated rings. The quantitative estimate of drug-likeness (QED) is 0.275. The monoisotopic (exact) mass is 356 g/mol. The highest BCUT2D eigenvalue weighted by Crippen LogP contribution is 2.50. The van der Waals surface area contributed by atoms with Crippen molar-refractivity contribution in [1.29, 1.82) is 0 Å². The first kappa shape index (κ1) is 14.5. The fraction of sp³-hybridized carbons (Fsp3) is 0.0370. The summed E-state index contributed by atoms with van der Waals surface area (Å²) < 4.78 is 6.47. The summed E-state index contributed by atoms with van der Waals surface area (Å²) in [5.41, 5.74) is 7.42. The van der Waals surface area contributed by atoms with E-state index in [1.54, 1.807) is 0 Å². The highest BCUT2D eigenvalue weighted by Gasteiger charge is 2.28. The first-order chi connectivity index (χ1) is 13.9. The van der Waals surface area contributed by atoms with E-state index in [0.717, 1.165) is 17.6 Å². The van der Waals surface area contributed by atoms with Crippen molar-refractivity contribution in [3.63, 3.8) is 0 Å². The lowest BCUT2D eigenvalue weighted by Crippen LogP contribution is -1.86. The Morgan fingerprint density at radius 3 is 2.18 bits per heavy atom. The predicted molar refractivity (Wildman–Crippen MR) is 117 cm³/mol. The average molecular weight is 356 g/mol. The summed E-state index contributed by atoms with van der Waals surface area (Å²) in [6.07, 6.45) is 0.958. The topological polar surface area (TPSA) is 13.1 Å². The van der Waals surface area contributed by atoms with Gasteiger partial charge in [-0.2, -0.15) is 0 Å². The van der Waals surface area contributed by atoms with Crippen molar-refractivity contribution in [2.45, 2.75) is 6.42 Å². The molecule has 6 aromatic rings. The van der Waals surface area contributed by atoms with Crippen molar-refractivity contribution < 1.29 is 4.42 Å². The molecule has 1 aromatic heterocycles. The normalized spacial score (nSPS) is 12.9. The minimum Gasteiger partial charge on any atom is -0.455 e. The maximum Gasteiger partial charge on any atom is 0.144 e. The molecule has 1 heterocycles. The SMILES string of the molecule is c1ccc2c3c(ccc2c1)-c1c(c2ccccc2c2c1oc1ccccc12)C3. The molecule has 0 N–H and O–H groups in total. The van der Waals surface area contributed by atoms with Crippen LogP contribution < -0.4 is 0 Å². The minimum absolute atomic E-state index is 0.958. The van der Waals surface area contributed by atoms with E-state index in [1.165, 1.54) is 54.6 Å². The number of hydrogen-bond donors (Lipinski definition) is 0. The molecule has 1 heteroatoms. The lowest BCUT2D eigenvalue weighted by atomic mass is 9.94. The van der Waals surface area contributed by atoms with Crippen molar-refractivity contribution in [3.05, 3.63) is 96.1 Å². The summed E-state index contributed by atoms with van der Waals surface area (Å²) in [5, 5.41) is 7.73. The Kier molecular flexibility index (Phi) is 2.60. The molecular formula is C27H16O. The van der Waals surface area contributed by atoms with Crippen molar-refractivity contribution in [3.8, 4) is 11.1 Å². The number of rotatable bonds is 0. The van der Waals surface area contributed by atoms with Gasteiger partial charge in [-0.05, 0) is 44.3 Å². The highest BCUT2D eigenvalue weighted by atomic mass is 16.3. The van der Waals surface area contributed by atoms with E-state index in [-0.39, 0.29) is 0 Å². The fourth-order valence-corrected chi connectivity index (χ4v) is 5.13. The molecule has 1 aliphatic rings. The first-order valence-electron chi connectivity index (χ1n) is 9.76. The van der Waals surface area contributed by atoms with Gasteiger partial charge in [0.25, 0.3) is 0 Å². The molecule has 0 atom stereocenters. The van der Waals surface area contributed by atoms with Gasteiger partial charge < -0.3 is 4.42 Å². The van der Waals surface area contributed by atoms with Crippen LogP contribution in [0, 0.1) is 0 Å². The summed E-state index contributed by atoms with van der Waals surface area (Å²) in [7, 11) is 0. The molecule has 130 valence electrons. The van der Waals surface area contributed by atoms with Crippen molar-refractivity contribution in [2.24, 2.45) is 0 Å². The van der Waals surface area contributed by atoms with E-state index < -0.39 is 0 Å². The van der Waals surface area contributed by atoms with Crippen LogP contribution in [0.4, 0.5) is 0 Å². The van der Waals surface area contributed by atoms with Crippen LogP contribution in [0.25, 0.3) is 54.6 Å². The zero-order valence-corrected chi connectivity index (χ0v) is 15.2. The molecule has 0 aliphatic heterocycles. The third-order valence-electron chi connectivity index (χ3n) is 6.31. The van der Waals surface area contributed by atoms with Gasteiger partial charge in [0.2, 0.25) is 0 Å². The number of furan rings is 1. The van der Waals surface area contributed by atoms with E-state index in [0.29, 0.717) is 0 Å². The van der Waals surface area contributed by atoms with Crippen molar-refractivity contribution in [2.75, 3.05) is 0 Å². The zero-order chi connectivity index (χ0) is 18.2. The van der Waals surface area contributed by atoms with E-state index in [9.17, 15) is 0 Å². The van der Waals surface area contributed by atoms with Gasteiger partial charge >= 0.3 is 0 Å². The average Bonchev–Trinajstić information content (AvgIpc) is 3.33. The molecular weight excluding hydrogens is 340 g/mol. The fourth-order valence-electron chi connectivity index (χ4n) is 5.13. The molecule has 0 bridgehead atoms. The van der Waals surface area contributed by atoms with Gasteiger partial charge in [-0.3, -0.25) is 0 Å². The van der Waals surface area contributed by atoms with Gasteiger partial charge in [0.1, 0.15) is 11.2 Å². The second-order valence-electron chi connectivity index (χ2n) is 7.69. The third kappa shape index (κ3) is 1.67. The van der Waals surface area contributed by atoms with Gasteiger partial charge in [0, 0.05) is 22.8 Å². The molecule has 1 nitrogen and oxygen atoms in total. The van der Waals surface area contributed by atoms with Crippen LogP contribution in [0.3, 0.4) is 0 Å². The van der Waals surface area contributed by atoms with Crippen LogP contribution in [0.5, 0.6) is 0 Å². The van der Waals surface area contributed by atoms with Gasteiger partial charge in [0.05, 0.1) is 0 Å². The van der Waals surface area contributed by atoms with Gasteiger partial charge in [-0.25, -0.2) is 0 Å². The highest BCUT2D eigenvalue weighted by molar-refractivity contribution is 6.25. The van der Waals surface area contributed by atoms with Gasteiger partial charge in [-0.15, -0.1) is 0 Å². The van der Waals surface area contributed by atoms with E-state index >= 15 is 0 Å². The lowest BCUT2D eigenvalue weighted by Gasteiger charge is -2.08. The van der Waals surface area contributed by atoms with E-state index in [1.807, 2.05) is 0 Å².